The highest BCUT2D eigenvalue weighted by molar-refractivity contribution is 5.58. The second-order valence-electron chi connectivity index (χ2n) is 4.36. The van der Waals surface area contributed by atoms with E-state index in [1.165, 1.54) is 24.0 Å². The number of ether oxygens (including phenoxy) is 2. The van der Waals surface area contributed by atoms with E-state index in [9.17, 15) is 0 Å². The van der Waals surface area contributed by atoms with Gasteiger partial charge >= 0.3 is 0 Å². The molecule has 3 rings (SSSR count). The van der Waals surface area contributed by atoms with Gasteiger partial charge in [0.15, 0.2) is 0 Å². The van der Waals surface area contributed by atoms with Crippen LogP contribution >= 0.6 is 0 Å². The molecular formula is C12H14O2. The van der Waals surface area contributed by atoms with Crippen molar-refractivity contribution in [3.63, 3.8) is 0 Å². The molecular weight excluding hydrogens is 176 g/mol. The fraction of sp³-hybridized carbons (Fsp3) is 0.500. The summed E-state index contributed by atoms with van der Waals surface area (Å²) < 4.78 is 11.2. The Kier molecular flexibility index (Phi) is 1.42. The third kappa shape index (κ3) is 0.861. The first-order chi connectivity index (χ1) is 6.77. The first kappa shape index (κ1) is 8.16. The number of benzene rings is 1. The molecule has 0 unspecified atom stereocenters. The molecule has 1 heterocycles. The fourth-order valence-electron chi connectivity index (χ4n) is 2.35. The van der Waals surface area contributed by atoms with Gasteiger partial charge in [-0.1, -0.05) is 6.07 Å². The van der Waals surface area contributed by atoms with Crippen molar-refractivity contribution in [1.29, 1.82) is 0 Å². The summed E-state index contributed by atoms with van der Waals surface area (Å²) in [5.41, 5.74) is 2.86. The van der Waals surface area contributed by atoms with Gasteiger partial charge in [-0.2, -0.15) is 0 Å². The van der Waals surface area contributed by atoms with Crippen LogP contribution in [0.25, 0.3) is 0 Å². The molecule has 0 radical (unpaired) electrons. The standard InChI is InChI=1S/C12H14O2/c1-8-3-4-9(13-2)10-11(8)14-7-12(10)5-6-12/h3-4H,5-7H2,1-2H3. The molecule has 0 amide bonds. The van der Waals surface area contributed by atoms with Gasteiger partial charge < -0.3 is 9.47 Å². The average Bonchev–Trinajstić information content (AvgIpc) is 2.85. The highest BCUT2D eigenvalue weighted by Gasteiger charge is 2.52. The summed E-state index contributed by atoms with van der Waals surface area (Å²) in [6.45, 7) is 2.95. The highest BCUT2D eigenvalue weighted by atomic mass is 16.5. The van der Waals surface area contributed by atoms with Crippen LogP contribution in [0.4, 0.5) is 0 Å². The Bertz CT molecular complexity index is 392. The van der Waals surface area contributed by atoms with E-state index in [1.807, 2.05) is 0 Å². The topological polar surface area (TPSA) is 18.5 Å². The minimum atomic E-state index is 0.312. The van der Waals surface area contributed by atoms with Gasteiger partial charge in [0.2, 0.25) is 0 Å². The van der Waals surface area contributed by atoms with Crippen LogP contribution in [0.3, 0.4) is 0 Å². The summed E-state index contributed by atoms with van der Waals surface area (Å²) in [4.78, 5) is 0. The first-order valence-corrected chi connectivity index (χ1v) is 5.08. The average molecular weight is 190 g/mol. The Balaban J connectivity index is 2.24. The summed E-state index contributed by atoms with van der Waals surface area (Å²) >= 11 is 0. The van der Waals surface area contributed by atoms with E-state index >= 15 is 0 Å². The predicted octanol–water partition coefficient (Wildman–Crippen LogP) is 2.43. The lowest BCUT2D eigenvalue weighted by Gasteiger charge is -2.11. The fourth-order valence-corrected chi connectivity index (χ4v) is 2.35. The van der Waals surface area contributed by atoms with Gasteiger partial charge in [-0.25, -0.2) is 0 Å². The molecule has 1 aromatic rings. The molecule has 1 aromatic carbocycles. The van der Waals surface area contributed by atoms with Crippen LogP contribution < -0.4 is 9.47 Å². The molecule has 1 fully saturated rings. The summed E-state index contributed by atoms with van der Waals surface area (Å²) in [6, 6.07) is 4.13. The maximum atomic E-state index is 5.77. The molecule has 14 heavy (non-hydrogen) atoms. The van der Waals surface area contributed by atoms with Gasteiger partial charge in [0.05, 0.1) is 13.7 Å². The minimum absolute atomic E-state index is 0.312. The molecule has 1 aliphatic heterocycles. The number of hydrogen-bond donors (Lipinski definition) is 0. The summed E-state index contributed by atoms with van der Waals surface area (Å²) in [5.74, 6) is 2.07. The van der Waals surface area contributed by atoms with E-state index in [-0.39, 0.29) is 0 Å². The van der Waals surface area contributed by atoms with Crippen LogP contribution in [0.2, 0.25) is 0 Å². The van der Waals surface area contributed by atoms with Crippen LogP contribution in [-0.2, 0) is 5.41 Å². The molecule has 1 aliphatic carbocycles. The van der Waals surface area contributed by atoms with Crippen LogP contribution in [0.5, 0.6) is 11.5 Å². The van der Waals surface area contributed by atoms with Crippen molar-refractivity contribution < 1.29 is 9.47 Å². The Morgan fingerprint density at radius 2 is 2.14 bits per heavy atom. The number of rotatable bonds is 1. The van der Waals surface area contributed by atoms with Gasteiger partial charge in [-0.15, -0.1) is 0 Å². The lowest BCUT2D eigenvalue weighted by Crippen LogP contribution is -2.08. The molecule has 2 aliphatic rings. The Hall–Kier alpha value is -1.18. The molecule has 0 aromatic heterocycles. The maximum absolute atomic E-state index is 5.77. The van der Waals surface area contributed by atoms with Crippen molar-refractivity contribution >= 4 is 0 Å². The lowest BCUT2D eigenvalue weighted by atomic mass is 9.95. The third-order valence-electron chi connectivity index (χ3n) is 3.41. The molecule has 0 saturated heterocycles. The van der Waals surface area contributed by atoms with E-state index < -0.39 is 0 Å². The van der Waals surface area contributed by atoms with Crippen molar-refractivity contribution in [2.75, 3.05) is 13.7 Å². The summed E-state index contributed by atoms with van der Waals surface area (Å²) in [7, 11) is 1.74. The lowest BCUT2D eigenvalue weighted by molar-refractivity contribution is 0.321. The Labute approximate surface area is 83.8 Å². The maximum Gasteiger partial charge on any atom is 0.129 e. The van der Waals surface area contributed by atoms with Crippen molar-refractivity contribution in [2.24, 2.45) is 0 Å². The normalized spacial score (nSPS) is 20.4. The third-order valence-corrected chi connectivity index (χ3v) is 3.41. The highest BCUT2D eigenvalue weighted by Crippen LogP contribution is 2.59. The van der Waals surface area contributed by atoms with Crippen molar-refractivity contribution in [2.45, 2.75) is 25.2 Å². The van der Waals surface area contributed by atoms with E-state index in [1.54, 1.807) is 7.11 Å². The molecule has 0 atom stereocenters. The van der Waals surface area contributed by atoms with Crippen LogP contribution in [0.15, 0.2) is 12.1 Å². The van der Waals surface area contributed by atoms with Crippen molar-refractivity contribution in [1.82, 2.24) is 0 Å². The number of aryl methyl sites for hydroxylation is 1. The molecule has 0 N–H and O–H groups in total. The molecule has 1 saturated carbocycles. The van der Waals surface area contributed by atoms with Crippen LogP contribution in [0.1, 0.15) is 24.0 Å². The minimum Gasteiger partial charge on any atom is -0.496 e. The first-order valence-electron chi connectivity index (χ1n) is 5.08. The number of fused-ring (bicyclic) bond motifs is 2. The molecule has 2 heteroatoms. The Morgan fingerprint density at radius 3 is 2.79 bits per heavy atom. The molecule has 0 bridgehead atoms. The van der Waals surface area contributed by atoms with Gasteiger partial charge in [0, 0.05) is 11.0 Å². The van der Waals surface area contributed by atoms with E-state index in [0.29, 0.717) is 5.41 Å². The second kappa shape index (κ2) is 2.44. The van der Waals surface area contributed by atoms with Gasteiger partial charge in [0.1, 0.15) is 11.5 Å². The Morgan fingerprint density at radius 1 is 1.36 bits per heavy atom. The molecule has 1 spiro atoms. The van der Waals surface area contributed by atoms with Crippen LogP contribution in [0, 0.1) is 6.92 Å². The zero-order valence-electron chi connectivity index (χ0n) is 8.59. The molecule has 2 nitrogen and oxygen atoms in total. The van der Waals surface area contributed by atoms with E-state index in [2.05, 4.69) is 19.1 Å². The summed E-state index contributed by atoms with van der Waals surface area (Å²) in [6.07, 6.45) is 2.50. The predicted molar refractivity (Wildman–Crippen MR) is 54.1 cm³/mol. The van der Waals surface area contributed by atoms with E-state index in [4.69, 9.17) is 9.47 Å². The zero-order valence-corrected chi connectivity index (χ0v) is 8.59. The quantitative estimate of drug-likeness (QED) is 0.677. The number of hydrogen-bond acceptors (Lipinski definition) is 2. The van der Waals surface area contributed by atoms with Gasteiger partial charge in [-0.3, -0.25) is 0 Å². The SMILES string of the molecule is COc1ccc(C)c2c1C1(CC1)CO2. The van der Waals surface area contributed by atoms with E-state index in [0.717, 1.165) is 18.1 Å². The largest absolute Gasteiger partial charge is 0.496 e. The number of methoxy groups -OCH3 is 1. The summed E-state index contributed by atoms with van der Waals surface area (Å²) in [5, 5.41) is 0. The van der Waals surface area contributed by atoms with Crippen molar-refractivity contribution in [3.05, 3.63) is 23.3 Å². The van der Waals surface area contributed by atoms with Gasteiger partial charge in [-0.05, 0) is 31.4 Å². The van der Waals surface area contributed by atoms with Crippen molar-refractivity contribution in [3.8, 4) is 11.5 Å². The molecule has 74 valence electrons. The smallest absolute Gasteiger partial charge is 0.129 e. The zero-order chi connectivity index (χ0) is 9.76. The second-order valence-corrected chi connectivity index (χ2v) is 4.36. The monoisotopic (exact) mass is 190 g/mol. The van der Waals surface area contributed by atoms with Crippen LogP contribution in [-0.4, -0.2) is 13.7 Å². The van der Waals surface area contributed by atoms with Gasteiger partial charge in [0.25, 0.3) is 0 Å².